The van der Waals surface area contributed by atoms with Crippen LogP contribution in [0, 0.1) is 56.7 Å². The van der Waals surface area contributed by atoms with E-state index in [2.05, 4.69) is 41.5 Å². The minimum absolute atomic E-state index is 0.00606. The van der Waals surface area contributed by atoms with Gasteiger partial charge in [0.05, 0.1) is 17.8 Å². The molecule has 0 aromatic heterocycles. The van der Waals surface area contributed by atoms with E-state index >= 15 is 0 Å². The predicted octanol–water partition coefficient (Wildman–Crippen LogP) is 5.37. The first-order valence-electron chi connectivity index (χ1n) is 14.1. The van der Waals surface area contributed by atoms with Crippen molar-refractivity contribution in [2.45, 2.75) is 125 Å². The molecular weight excluding hydrogens is 424 g/mol. The molecule has 5 aliphatic rings. The summed E-state index contributed by atoms with van der Waals surface area (Å²) < 4.78 is 0. The van der Waals surface area contributed by atoms with Crippen molar-refractivity contribution in [2.24, 2.45) is 56.7 Å². The van der Waals surface area contributed by atoms with E-state index in [0.717, 1.165) is 44.9 Å². The zero-order valence-corrected chi connectivity index (χ0v) is 22.9. The van der Waals surface area contributed by atoms with Gasteiger partial charge in [-0.15, -0.1) is 0 Å². The highest BCUT2D eigenvalue weighted by molar-refractivity contribution is 5.85. The zero-order valence-electron chi connectivity index (χ0n) is 22.9. The normalized spacial score (nSPS) is 56.8. The molecule has 0 heterocycles. The summed E-state index contributed by atoms with van der Waals surface area (Å²) in [5.41, 5.74) is -1.55. The quantitative estimate of drug-likeness (QED) is 0.477. The van der Waals surface area contributed by atoms with Crippen LogP contribution in [0.1, 0.15) is 107 Å². The molecule has 34 heavy (non-hydrogen) atoms. The molecule has 0 radical (unpaired) electrons. The average Bonchev–Trinajstić information content (AvgIpc) is 3.05. The second-order valence-corrected chi connectivity index (χ2v) is 15.6. The summed E-state index contributed by atoms with van der Waals surface area (Å²) in [4.78, 5) is 14.0. The van der Waals surface area contributed by atoms with Crippen molar-refractivity contribution in [2.75, 3.05) is 0 Å². The Morgan fingerprint density at radius 3 is 1.97 bits per heavy atom. The summed E-state index contributed by atoms with van der Waals surface area (Å²) >= 11 is 0. The maximum Gasteiger partial charge on any atom is 0.137 e. The number of fused-ring (bicyclic) bond motifs is 7. The van der Waals surface area contributed by atoms with Crippen LogP contribution in [0.15, 0.2) is 0 Å². The number of Topliss-reactive ketones (excluding diaryl/α,β-unsaturated/α-hetero) is 1. The SMILES string of the molecule is CC(C)(O)[C@@H]1CC[C@@]2(C)[C@H]1[C@@H](O)C[C@]1(C)[C@@H]2CC[C@@H]2[C@@]3(C)CC[C@H](O)C(C)(C)[C@@H]3C(=O)C[C@]21C. The molecule has 194 valence electrons. The summed E-state index contributed by atoms with van der Waals surface area (Å²) in [5, 5.41) is 33.6. The molecule has 0 aliphatic heterocycles. The Kier molecular flexibility index (Phi) is 5.26. The van der Waals surface area contributed by atoms with E-state index in [-0.39, 0.29) is 39.4 Å². The monoisotopic (exact) mass is 474 g/mol. The first-order chi connectivity index (χ1) is 15.4. The van der Waals surface area contributed by atoms with Crippen molar-refractivity contribution in [1.29, 1.82) is 0 Å². The maximum absolute atomic E-state index is 14.0. The van der Waals surface area contributed by atoms with Crippen LogP contribution < -0.4 is 0 Å². The molecule has 5 fully saturated rings. The van der Waals surface area contributed by atoms with Crippen LogP contribution in [0.3, 0.4) is 0 Å². The molecule has 0 saturated heterocycles. The molecule has 11 atom stereocenters. The van der Waals surface area contributed by atoms with E-state index in [4.69, 9.17) is 0 Å². The summed E-state index contributed by atoms with van der Waals surface area (Å²) in [7, 11) is 0. The van der Waals surface area contributed by atoms with Gasteiger partial charge in [0.15, 0.2) is 0 Å². The van der Waals surface area contributed by atoms with E-state index in [9.17, 15) is 20.1 Å². The van der Waals surface area contributed by atoms with Crippen molar-refractivity contribution in [3.63, 3.8) is 0 Å². The average molecular weight is 475 g/mol. The number of rotatable bonds is 1. The van der Waals surface area contributed by atoms with Gasteiger partial charge in [-0.3, -0.25) is 4.79 Å². The summed E-state index contributed by atoms with van der Waals surface area (Å²) in [6, 6.07) is 0. The van der Waals surface area contributed by atoms with Crippen LogP contribution in [-0.4, -0.2) is 38.9 Å². The molecule has 0 aromatic rings. The van der Waals surface area contributed by atoms with Crippen molar-refractivity contribution < 1.29 is 20.1 Å². The number of hydrogen-bond acceptors (Lipinski definition) is 4. The van der Waals surface area contributed by atoms with E-state index in [1.54, 1.807) is 0 Å². The first-order valence-corrected chi connectivity index (χ1v) is 14.1. The number of ketones is 1. The number of carbonyl (C=O) groups excluding carboxylic acids is 1. The van der Waals surface area contributed by atoms with Crippen LogP contribution in [0.2, 0.25) is 0 Å². The van der Waals surface area contributed by atoms with E-state index < -0.39 is 23.2 Å². The van der Waals surface area contributed by atoms with Gasteiger partial charge in [-0.05, 0) is 104 Å². The van der Waals surface area contributed by atoms with E-state index in [1.807, 2.05) is 13.8 Å². The number of aliphatic hydroxyl groups is 3. The molecule has 5 aliphatic carbocycles. The molecular formula is C30H50O4. The van der Waals surface area contributed by atoms with Gasteiger partial charge in [0.1, 0.15) is 5.78 Å². The van der Waals surface area contributed by atoms with Crippen LogP contribution in [0.5, 0.6) is 0 Å². The van der Waals surface area contributed by atoms with Gasteiger partial charge >= 0.3 is 0 Å². The first kappa shape index (κ1) is 25.2. The molecule has 0 amide bonds. The van der Waals surface area contributed by atoms with Crippen LogP contribution >= 0.6 is 0 Å². The number of hydrogen-bond donors (Lipinski definition) is 3. The molecule has 0 spiro atoms. The van der Waals surface area contributed by atoms with Crippen LogP contribution in [0.4, 0.5) is 0 Å². The Morgan fingerprint density at radius 2 is 1.38 bits per heavy atom. The minimum atomic E-state index is -0.783. The molecule has 4 nitrogen and oxygen atoms in total. The van der Waals surface area contributed by atoms with Crippen molar-refractivity contribution in [1.82, 2.24) is 0 Å². The number of aliphatic hydroxyl groups excluding tert-OH is 2. The lowest BCUT2D eigenvalue weighted by Gasteiger charge is -2.73. The van der Waals surface area contributed by atoms with Crippen molar-refractivity contribution >= 4 is 5.78 Å². The molecule has 5 rings (SSSR count). The van der Waals surface area contributed by atoms with E-state index in [0.29, 0.717) is 24.0 Å². The lowest BCUT2D eigenvalue weighted by atomic mass is 9.31. The molecule has 0 aromatic carbocycles. The fourth-order valence-corrected chi connectivity index (χ4v) is 12.0. The third kappa shape index (κ3) is 2.86. The molecule has 5 saturated carbocycles. The van der Waals surface area contributed by atoms with Gasteiger partial charge in [0, 0.05) is 17.8 Å². The summed E-state index contributed by atoms with van der Waals surface area (Å²) in [6.45, 7) is 17.6. The molecule has 4 heteroatoms. The Balaban J connectivity index is 1.58. The van der Waals surface area contributed by atoms with Crippen LogP contribution in [0.25, 0.3) is 0 Å². The van der Waals surface area contributed by atoms with Gasteiger partial charge in [0.2, 0.25) is 0 Å². The van der Waals surface area contributed by atoms with Gasteiger partial charge < -0.3 is 15.3 Å². The summed E-state index contributed by atoms with van der Waals surface area (Å²) in [6.07, 6.45) is 6.44. The third-order valence-electron chi connectivity index (χ3n) is 13.4. The highest BCUT2D eigenvalue weighted by atomic mass is 16.3. The van der Waals surface area contributed by atoms with Gasteiger partial charge in [-0.2, -0.15) is 0 Å². The topological polar surface area (TPSA) is 77.8 Å². The van der Waals surface area contributed by atoms with Gasteiger partial charge in [-0.25, -0.2) is 0 Å². The zero-order chi connectivity index (χ0) is 25.3. The fourth-order valence-electron chi connectivity index (χ4n) is 12.0. The molecule has 0 bridgehead atoms. The predicted molar refractivity (Wildman–Crippen MR) is 134 cm³/mol. The second-order valence-electron chi connectivity index (χ2n) is 15.6. The lowest BCUT2D eigenvalue weighted by molar-refractivity contribution is -0.258. The van der Waals surface area contributed by atoms with Crippen molar-refractivity contribution in [3.8, 4) is 0 Å². The second kappa shape index (κ2) is 7.10. The standard InChI is InChI=1S/C30H50O4/c1-25(2)22(33)12-14-28(6)21-10-9-20-27(5)13-11-17(26(3,4)34)23(27)18(31)15-29(20,7)30(21,8)16-19(32)24(25)28/h17-18,20-24,31,33-34H,9-16H2,1-8H3/t17-,18+,20-,21-,22+,23-,24+,27-,28-,29-,30-/m1/s1. The van der Waals surface area contributed by atoms with Crippen LogP contribution in [-0.2, 0) is 4.79 Å². The Morgan fingerprint density at radius 1 is 0.824 bits per heavy atom. The van der Waals surface area contributed by atoms with Gasteiger partial charge in [0.25, 0.3) is 0 Å². The minimum Gasteiger partial charge on any atom is -0.393 e. The Bertz CT molecular complexity index is 874. The maximum atomic E-state index is 14.0. The number of carbonyl (C=O) groups is 1. The highest BCUT2D eigenvalue weighted by Crippen LogP contribution is 2.77. The van der Waals surface area contributed by atoms with E-state index in [1.165, 1.54) is 0 Å². The molecule has 0 unspecified atom stereocenters. The molecule has 3 N–H and O–H groups in total. The Hall–Kier alpha value is -0.450. The highest BCUT2D eigenvalue weighted by Gasteiger charge is 2.74. The largest absolute Gasteiger partial charge is 0.393 e. The smallest absolute Gasteiger partial charge is 0.137 e. The Labute approximate surface area is 207 Å². The lowest BCUT2D eigenvalue weighted by Crippen LogP contribution is -2.70. The van der Waals surface area contributed by atoms with Gasteiger partial charge in [-0.1, -0.05) is 41.5 Å². The summed E-state index contributed by atoms with van der Waals surface area (Å²) in [5.74, 6) is 1.38. The van der Waals surface area contributed by atoms with Crippen molar-refractivity contribution in [3.05, 3.63) is 0 Å². The fraction of sp³-hybridized carbons (Fsp3) is 0.967. The third-order valence-corrected chi connectivity index (χ3v) is 13.4.